The minimum atomic E-state index is -0.722. The number of likely N-dealkylation sites (tertiary alicyclic amines) is 1. The number of ketones is 1. The molecule has 0 saturated carbocycles. The fourth-order valence-electron chi connectivity index (χ4n) is 5.39. The quantitative estimate of drug-likeness (QED) is 0.254. The number of aryl methyl sites for hydroxylation is 2. The molecule has 0 aliphatic carbocycles. The number of carbonyl (C=O) groups excluding carboxylic acids is 2. The molecule has 0 spiro atoms. The van der Waals surface area contributed by atoms with Crippen molar-refractivity contribution in [3.8, 4) is 5.75 Å². The minimum absolute atomic E-state index is 0.0674. The summed E-state index contributed by atoms with van der Waals surface area (Å²) >= 11 is 0. The smallest absolute Gasteiger partial charge is 0.295 e. The number of fused-ring (bicyclic) bond motifs is 1. The van der Waals surface area contributed by atoms with Crippen molar-refractivity contribution >= 4 is 23.1 Å². The van der Waals surface area contributed by atoms with Gasteiger partial charge < -0.3 is 23.9 Å². The maximum absolute atomic E-state index is 13.5. The Morgan fingerprint density at radius 2 is 1.85 bits per heavy atom. The number of aromatic nitrogens is 2. The molecule has 5 rings (SSSR count). The van der Waals surface area contributed by atoms with Crippen LogP contribution in [0.2, 0.25) is 0 Å². The summed E-state index contributed by atoms with van der Waals surface area (Å²) in [6.07, 6.45) is 3.47. The summed E-state index contributed by atoms with van der Waals surface area (Å²) in [5.74, 6) is -0.826. The van der Waals surface area contributed by atoms with Crippen LogP contribution in [0.25, 0.3) is 11.4 Å². The maximum atomic E-state index is 13.5. The van der Waals surface area contributed by atoms with Crippen molar-refractivity contribution in [2.45, 2.75) is 39.7 Å². The molecule has 2 aromatic heterocycles. The molecular formula is C30H36N4O5. The van der Waals surface area contributed by atoms with Gasteiger partial charge in [0, 0.05) is 32.4 Å². The van der Waals surface area contributed by atoms with Gasteiger partial charge in [-0.25, -0.2) is 4.98 Å². The lowest BCUT2D eigenvalue weighted by molar-refractivity contribution is -0.140. The molecule has 1 aromatic carbocycles. The van der Waals surface area contributed by atoms with Crippen molar-refractivity contribution in [3.05, 3.63) is 70.7 Å². The van der Waals surface area contributed by atoms with Crippen LogP contribution in [0, 0.1) is 13.8 Å². The second-order valence-corrected chi connectivity index (χ2v) is 10.1. The SMILES string of the molecule is CCCOc1ccc(C2/C(=C(\O)c3nc4c(C)cccn4c3C)C(=O)C(=O)N2CCCN2CCOCC2)cc1. The van der Waals surface area contributed by atoms with Crippen molar-refractivity contribution in [1.82, 2.24) is 19.2 Å². The van der Waals surface area contributed by atoms with Gasteiger partial charge in [-0.1, -0.05) is 25.1 Å². The van der Waals surface area contributed by atoms with Crippen molar-refractivity contribution in [3.63, 3.8) is 0 Å². The first-order valence-electron chi connectivity index (χ1n) is 13.7. The Labute approximate surface area is 228 Å². The Kier molecular flexibility index (Phi) is 7.99. The molecule has 0 bridgehead atoms. The van der Waals surface area contributed by atoms with Gasteiger partial charge in [0.15, 0.2) is 5.76 Å². The van der Waals surface area contributed by atoms with E-state index in [1.807, 2.05) is 67.8 Å². The van der Waals surface area contributed by atoms with Gasteiger partial charge in [-0.05, 0) is 56.0 Å². The van der Waals surface area contributed by atoms with Gasteiger partial charge in [0.25, 0.3) is 11.7 Å². The molecule has 3 aromatic rings. The fourth-order valence-corrected chi connectivity index (χ4v) is 5.39. The molecule has 2 aliphatic rings. The zero-order chi connectivity index (χ0) is 27.5. The minimum Gasteiger partial charge on any atom is -0.505 e. The number of imidazole rings is 1. The molecule has 2 saturated heterocycles. The zero-order valence-corrected chi connectivity index (χ0v) is 22.9. The normalized spacial score (nSPS) is 19.8. The average molecular weight is 533 g/mol. The third-order valence-corrected chi connectivity index (χ3v) is 7.49. The number of aliphatic hydroxyl groups is 1. The van der Waals surface area contributed by atoms with Crippen LogP contribution in [0.15, 0.2) is 48.2 Å². The Hall–Kier alpha value is -3.69. The first kappa shape index (κ1) is 26.9. The Bertz CT molecular complexity index is 1390. The topological polar surface area (TPSA) is 96.6 Å². The third kappa shape index (κ3) is 5.29. The van der Waals surface area contributed by atoms with E-state index in [1.165, 1.54) is 0 Å². The number of hydrogen-bond donors (Lipinski definition) is 1. The fraction of sp³-hybridized carbons (Fsp3) is 0.433. The van der Waals surface area contributed by atoms with E-state index in [1.54, 1.807) is 4.90 Å². The van der Waals surface area contributed by atoms with Crippen LogP contribution >= 0.6 is 0 Å². The highest BCUT2D eigenvalue weighted by Crippen LogP contribution is 2.40. The van der Waals surface area contributed by atoms with Gasteiger partial charge in [0.05, 0.1) is 37.1 Å². The number of benzene rings is 1. The highest BCUT2D eigenvalue weighted by Gasteiger charge is 2.46. The van der Waals surface area contributed by atoms with Gasteiger partial charge in [-0.3, -0.25) is 14.5 Å². The monoisotopic (exact) mass is 532 g/mol. The number of pyridine rings is 1. The summed E-state index contributed by atoms with van der Waals surface area (Å²) in [4.78, 5) is 35.4. The molecule has 4 heterocycles. The molecular weight excluding hydrogens is 496 g/mol. The molecule has 0 radical (unpaired) electrons. The third-order valence-electron chi connectivity index (χ3n) is 7.49. The van der Waals surface area contributed by atoms with Crippen molar-refractivity contribution in [2.24, 2.45) is 0 Å². The van der Waals surface area contributed by atoms with E-state index in [0.717, 1.165) is 42.9 Å². The second-order valence-electron chi connectivity index (χ2n) is 10.1. The van der Waals surface area contributed by atoms with E-state index in [9.17, 15) is 14.7 Å². The molecule has 2 aliphatic heterocycles. The summed E-state index contributed by atoms with van der Waals surface area (Å²) in [6.45, 7) is 10.7. The second kappa shape index (κ2) is 11.6. The number of amides is 1. The van der Waals surface area contributed by atoms with Crippen LogP contribution < -0.4 is 4.74 Å². The summed E-state index contributed by atoms with van der Waals surface area (Å²) in [5.41, 5.74) is 3.46. The maximum Gasteiger partial charge on any atom is 0.295 e. The van der Waals surface area contributed by atoms with E-state index in [4.69, 9.17) is 9.47 Å². The zero-order valence-electron chi connectivity index (χ0n) is 22.9. The standard InChI is InChI=1S/C30H36N4O5/c1-4-17-39-23-10-8-22(9-11-23)26-24(27(35)25-21(3)33-13-5-7-20(2)29(33)31-25)28(36)30(37)34(26)14-6-12-32-15-18-38-19-16-32/h5,7-11,13,26,35H,4,6,12,14-19H2,1-3H3/b27-24+. The van der Waals surface area contributed by atoms with Crippen molar-refractivity contribution in [1.29, 1.82) is 0 Å². The number of Topliss-reactive ketones (excluding diaryl/α,β-unsaturated/α-hetero) is 1. The largest absolute Gasteiger partial charge is 0.505 e. The van der Waals surface area contributed by atoms with Gasteiger partial charge in [-0.15, -0.1) is 0 Å². The van der Waals surface area contributed by atoms with E-state index in [2.05, 4.69) is 9.88 Å². The van der Waals surface area contributed by atoms with Crippen LogP contribution in [-0.4, -0.2) is 82.0 Å². The number of carbonyl (C=O) groups is 2. The molecule has 1 unspecified atom stereocenters. The van der Waals surface area contributed by atoms with Crippen LogP contribution in [0.4, 0.5) is 0 Å². The molecule has 1 amide bonds. The number of nitrogens with zero attached hydrogens (tertiary/aromatic N) is 4. The lowest BCUT2D eigenvalue weighted by atomic mass is 9.96. The van der Waals surface area contributed by atoms with E-state index >= 15 is 0 Å². The summed E-state index contributed by atoms with van der Waals surface area (Å²) in [5, 5.41) is 11.6. The molecule has 1 N–H and O–H groups in total. The van der Waals surface area contributed by atoms with E-state index in [-0.39, 0.29) is 11.3 Å². The van der Waals surface area contributed by atoms with Gasteiger partial charge in [-0.2, -0.15) is 0 Å². The predicted octanol–water partition coefficient (Wildman–Crippen LogP) is 3.88. The Morgan fingerprint density at radius 1 is 1.10 bits per heavy atom. The molecule has 2 fully saturated rings. The molecule has 9 nitrogen and oxygen atoms in total. The first-order valence-corrected chi connectivity index (χ1v) is 13.7. The number of hydrogen-bond acceptors (Lipinski definition) is 7. The highest BCUT2D eigenvalue weighted by molar-refractivity contribution is 6.46. The van der Waals surface area contributed by atoms with Crippen molar-refractivity contribution < 1.29 is 24.2 Å². The average Bonchev–Trinajstić information content (AvgIpc) is 3.42. The van der Waals surface area contributed by atoms with Crippen LogP contribution in [0.5, 0.6) is 5.75 Å². The van der Waals surface area contributed by atoms with Crippen molar-refractivity contribution in [2.75, 3.05) is 46.0 Å². The number of aliphatic hydroxyl groups excluding tert-OH is 1. The molecule has 39 heavy (non-hydrogen) atoms. The molecule has 9 heteroatoms. The summed E-state index contributed by atoms with van der Waals surface area (Å²) < 4.78 is 13.1. The number of morpholine rings is 1. The van der Waals surface area contributed by atoms with Gasteiger partial charge in [0.1, 0.15) is 17.1 Å². The summed E-state index contributed by atoms with van der Waals surface area (Å²) in [7, 11) is 0. The molecule has 206 valence electrons. The highest BCUT2D eigenvalue weighted by atomic mass is 16.5. The lowest BCUT2D eigenvalue weighted by Crippen LogP contribution is -2.38. The van der Waals surface area contributed by atoms with E-state index < -0.39 is 17.7 Å². The number of rotatable bonds is 9. The van der Waals surface area contributed by atoms with Gasteiger partial charge >= 0.3 is 0 Å². The first-order chi connectivity index (χ1) is 18.9. The predicted molar refractivity (Wildman–Crippen MR) is 148 cm³/mol. The summed E-state index contributed by atoms with van der Waals surface area (Å²) in [6, 6.07) is 10.6. The van der Waals surface area contributed by atoms with E-state index in [0.29, 0.717) is 49.8 Å². The lowest BCUT2D eigenvalue weighted by Gasteiger charge is -2.29. The number of ether oxygens (including phenoxy) is 2. The van der Waals surface area contributed by atoms with Crippen LogP contribution in [0.3, 0.4) is 0 Å². The van der Waals surface area contributed by atoms with Crippen LogP contribution in [0.1, 0.15) is 48.3 Å². The van der Waals surface area contributed by atoms with Crippen LogP contribution in [-0.2, 0) is 14.3 Å². The van der Waals surface area contributed by atoms with Gasteiger partial charge in [0.2, 0.25) is 0 Å². The molecule has 1 atom stereocenters. The Morgan fingerprint density at radius 3 is 2.54 bits per heavy atom. The Balaban J connectivity index is 1.53.